The molecule has 0 unspecified atom stereocenters. The molecule has 0 atom stereocenters. The Kier molecular flexibility index (Phi) is 11.2. The zero-order valence-corrected chi connectivity index (χ0v) is 41.6. The molecule has 0 aliphatic carbocycles. The van der Waals surface area contributed by atoms with E-state index in [0.29, 0.717) is 22.1 Å². The van der Waals surface area contributed by atoms with Crippen LogP contribution in [0, 0.1) is 19.0 Å². The fraction of sp³-hybridized carbons (Fsp3) is 0.169. The first-order chi connectivity index (χ1) is 32.7. The Hall–Kier alpha value is -6.50. The van der Waals surface area contributed by atoms with Crippen molar-refractivity contribution >= 4 is 67.9 Å². The molecule has 11 aromatic rings. The van der Waals surface area contributed by atoms with Gasteiger partial charge in [-0.15, -0.1) is 54.1 Å². The van der Waals surface area contributed by atoms with E-state index in [4.69, 9.17) is 18.5 Å². The summed E-state index contributed by atoms with van der Waals surface area (Å²) in [5.74, 6) is 1.20. The number of fused-ring (bicyclic) bond motifs is 7. The molecule has 329 valence electrons. The summed E-state index contributed by atoms with van der Waals surface area (Å²) in [6.45, 7) is 13.6. The maximum atomic E-state index is 8.21. The fourth-order valence-corrected chi connectivity index (χ4v) is 9.98. The first-order valence-electron chi connectivity index (χ1n) is 23.9. The van der Waals surface area contributed by atoms with Gasteiger partial charge in [0.25, 0.3) is 0 Å². The van der Waals surface area contributed by atoms with E-state index in [1.54, 1.807) is 0 Å². The first kappa shape index (κ1) is 41.0. The van der Waals surface area contributed by atoms with Crippen molar-refractivity contribution < 1.29 is 28.6 Å². The van der Waals surface area contributed by atoms with Crippen LogP contribution in [0.4, 0.5) is 0 Å². The number of aryl methyl sites for hydroxylation is 1. The smallest absolute Gasteiger partial charge is 0.123 e. The predicted molar refractivity (Wildman–Crippen MR) is 275 cm³/mol. The summed E-state index contributed by atoms with van der Waals surface area (Å²) in [6, 6.07) is 58.0. The molecule has 11 rings (SSSR count). The summed E-state index contributed by atoms with van der Waals surface area (Å²) < 4.78 is 33.7. The summed E-state index contributed by atoms with van der Waals surface area (Å²) >= 11 is 0. The van der Waals surface area contributed by atoms with Crippen molar-refractivity contribution in [1.29, 1.82) is 0 Å². The topological polar surface area (TPSA) is 56.7 Å². The van der Waals surface area contributed by atoms with Crippen LogP contribution in [-0.4, -0.2) is 27.6 Å². The Morgan fingerprint density at radius 2 is 1.33 bits per heavy atom. The number of rotatable bonds is 7. The van der Waals surface area contributed by atoms with Gasteiger partial charge < -0.3 is 14.0 Å². The molecule has 5 nitrogen and oxygen atoms in total. The molecule has 4 aromatic heterocycles. The van der Waals surface area contributed by atoms with Gasteiger partial charge in [-0.3, -0.25) is 9.97 Å². The maximum absolute atomic E-state index is 8.21. The van der Waals surface area contributed by atoms with E-state index >= 15 is 0 Å². The molecule has 1 radical (unpaired) electrons. The second-order valence-electron chi connectivity index (χ2n) is 18.5. The van der Waals surface area contributed by atoms with Gasteiger partial charge in [0.05, 0.1) is 36.0 Å². The molecular weight excluding hydrogens is 1000 g/mol. The molecule has 66 heavy (non-hydrogen) atoms. The number of furan rings is 1. The minimum absolute atomic E-state index is 0. The summed E-state index contributed by atoms with van der Waals surface area (Å²) in [7, 11) is -1.23. The van der Waals surface area contributed by atoms with E-state index in [-0.39, 0.29) is 37.6 Å². The van der Waals surface area contributed by atoms with Crippen LogP contribution >= 0.6 is 0 Å². The number of hydrogen-bond acceptors (Lipinski definition) is 4. The summed E-state index contributed by atoms with van der Waals surface area (Å²) in [6.07, 6.45) is 2.02. The predicted octanol–water partition coefficient (Wildman–Crippen LogP) is 15.4. The average molecular weight is 1060 g/mol. The van der Waals surface area contributed by atoms with Gasteiger partial charge in [0.2, 0.25) is 0 Å². The molecule has 0 bridgehead atoms. The summed E-state index contributed by atoms with van der Waals surface area (Å²) in [4.78, 5) is 14.5. The van der Waals surface area contributed by atoms with Crippen LogP contribution in [0.1, 0.15) is 60.5 Å². The van der Waals surface area contributed by atoms with Crippen molar-refractivity contribution in [3.8, 4) is 39.5 Å². The van der Waals surface area contributed by atoms with Crippen molar-refractivity contribution in [2.75, 3.05) is 0 Å². The van der Waals surface area contributed by atoms with Gasteiger partial charge in [-0.05, 0) is 87.5 Å². The molecule has 4 heterocycles. The van der Waals surface area contributed by atoms with E-state index in [9.17, 15) is 0 Å². The van der Waals surface area contributed by atoms with Crippen LogP contribution in [0.2, 0.25) is 19.6 Å². The third-order valence-electron chi connectivity index (χ3n) is 12.4. The van der Waals surface area contributed by atoms with Crippen LogP contribution in [0.3, 0.4) is 0 Å². The van der Waals surface area contributed by atoms with Crippen molar-refractivity contribution in [3.63, 3.8) is 0 Å². The van der Waals surface area contributed by atoms with Crippen LogP contribution in [0.15, 0.2) is 162 Å². The number of para-hydroxylation sites is 2. The second-order valence-corrected chi connectivity index (χ2v) is 23.5. The van der Waals surface area contributed by atoms with Crippen molar-refractivity contribution in [2.24, 2.45) is 0 Å². The van der Waals surface area contributed by atoms with Gasteiger partial charge in [0.15, 0.2) is 0 Å². The van der Waals surface area contributed by atoms with Gasteiger partial charge >= 0.3 is 0 Å². The van der Waals surface area contributed by atoms with Crippen molar-refractivity contribution in [1.82, 2.24) is 19.5 Å². The van der Waals surface area contributed by atoms with E-state index < -0.39 is 14.9 Å². The van der Waals surface area contributed by atoms with E-state index in [1.165, 1.54) is 27.4 Å². The average Bonchev–Trinajstić information content (AvgIpc) is 3.91. The van der Waals surface area contributed by atoms with Gasteiger partial charge in [-0.25, -0.2) is 0 Å². The molecule has 0 saturated heterocycles. The van der Waals surface area contributed by atoms with E-state index in [1.807, 2.05) is 79.0 Å². The third kappa shape index (κ3) is 8.21. The van der Waals surface area contributed by atoms with Gasteiger partial charge in [-0.1, -0.05) is 137 Å². The molecular formula is C59H52IrN4OSi-2. The Morgan fingerprint density at radius 1 is 0.621 bits per heavy atom. The number of benzene rings is 7. The number of imidazole rings is 1. The fourth-order valence-electron chi connectivity index (χ4n) is 8.94. The monoisotopic (exact) mass is 1060 g/mol. The van der Waals surface area contributed by atoms with Crippen LogP contribution in [0.5, 0.6) is 0 Å². The van der Waals surface area contributed by atoms with Crippen LogP contribution in [-0.2, 0) is 20.1 Å². The quantitative estimate of drug-likeness (QED) is 0.0907. The number of aromatic nitrogens is 4. The first-order valence-corrected chi connectivity index (χ1v) is 25.9. The second kappa shape index (κ2) is 18.1. The number of nitrogens with zero attached hydrogens (tertiary/aromatic N) is 4. The number of pyridine rings is 2. The van der Waals surface area contributed by atoms with E-state index in [2.05, 4.69) is 148 Å². The number of hydrogen-bond donors (Lipinski definition) is 0. The molecule has 0 spiro atoms. The van der Waals surface area contributed by atoms with Gasteiger partial charge in [0, 0.05) is 64.0 Å². The van der Waals surface area contributed by atoms with Crippen LogP contribution in [0.25, 0.3) is 94.1 Å². The minimum Gasteiger partial charge on any atom is -0.500 e. The zero-order valence-electron chi connectivity index (χ0n) is 41.2. The zero-order chi connectivity index (χ0) is 47.5. The third-order valence-corrected chi connectivity index (χ3v) is 14.4. The molecule has 0 N–H and O–H groups in total. The molecule has 0 amide bonds. The molecule has 7 heteroatoms. The normalized spacial score (nSPS) is 12.7. The van der Waals surface area contributed by atoms with E-state index in [0.717, 1.165) is 60.9 Å². The van der Waals surface area contributed by atoms with Gasteiger partial charge in [-0.2, -0.15) is 0 Å². The SMILES string of the molecule is C[Si](C)(C)c1ccc(-c2[c-]cccc2)nc1.[2H]C([2H])([2H])c1nc2cc3oc4c(-c5nc6ccccc6n5-c5c(C(C)C)cc(-c6ccccc6)cc5C(C)C)[c-]ccc4c3cc2c2ccccc12.[Ir]. The Morgan fingerprint density at radius 3 is 2.02 bits per heavy atom. The summed E-state index contributed by atoms with van der Waals surface area (Å²) in [5.41, 5.74) is 12.7. The van der Waals surface area contributed by atoms with Crippen molar-refractivity contribution in [2.45, 2.75) is 66.0 Å². The largest absolute Gasteiger partial charge is 0.500 e. The standard InChI is InChI=1S/C45H36N3O.C14H16NSi.Ir/c1-26(2)35-22-30(29-14-7-6-8-15-29)23-36(27(3)4)43(35)48-41-21-12-11-20-39(41)47-45(48)34-19-13-18-33-38-24-37-32-17-10-9-16-31(32)28(5)46-40(37)25-42(38)49-44(33)34;1-16(2,3)13-9-10-14(15-11-13)12-7-5-4-6-8-12;/h6-18,20-27H,1-5H3;4-7,9-11H,1-3H3;/q2*-1;/i5D3;;. The molecule has 0 aliphatic rings. The maximum Gasteiger partial charge on any atom is 0.123 e. The van der Waals surface area contributed by atoms with Crippen LogP contribution < -0.4 is 5.19 Å². The Bertz CT molecular complexity index is 3620. The molecule has 0 aliphatic heterocycles. The Balaban J connectivity index is 0.000000296. The molecule has 0 saturated carbocycles. The summed E-state index contributed by atoms with van der Waals surface area (Å²) in [5, 5.41) is 5.60. The van der Waals surface area contributed by atoms with Crippen molar-refractivity contribution in [3.05, 3.63) is 187 Å². The molecule has 0 fully saturated rings. The Labute approximate surface area is 406 Å². The molecule has 7 aromatic carbocycles. The minimum atomic E-state index is -2.36. The van der Waals surface area contributed by atoms with Gasteiger partial charge in [0.1, 0.15) is 5.58 Å².